The second-order valence-corrected chi connectivity index (χ2v) is 5.15. The van der Waals surface area contributed by atoms with E-state index in [1.165, 1.54) is 0 Å². The fourth-order valence-corrected chi connectivity index (χ4v) is 2.35. The van der Waals surface area contributed by atoms with E-state index >= 15 is 0 Å². The highest BCUT2D eigenvalue weighted by molar-refractivity contribution is 14.0. The molecule has 1 aromatic rings. The molecule has 0 amide bonds. The Hall–Kier alpha value is -1.22. The van der Waals surface area contributed by atoms with Crippen LogP contribution in [0.5, 0.6) is 11.5 Å². The van der Waals surface area contributed by atoms with Crippen molar-refractivity contribution >= 4 is 29.9 Å². The number of ether oxygens (including phenoxy) is 2. The molecule has 0 aliphatic carbocycles. The molecule has 130 valence electrons. The summed E-state index contributed by atoms with van der Waals surface area (Å²) in [6, 6.07) is 7.50. The summed E-state index contributed by atoms with van der Waals surface area (Å²) in [7, 11) is 1.64. The number of methoxy groups -OCH3 is 1. The normalized spacial score (nSPS) is 17.6. The number of guanidine groups is 1. The number of aliphatic imine (C=N–C) groups is 1. The van der Waals surface area contributed by atoms with E-state index in [9.17, 15) is 5.11 Å². The Morgan fingerprint density at radius 3 is 2.61 bits per heavy atom. The number of rotatable bonds is 6. The van der Waals surface area contributed by atoms with Gasteiger partial charge < -0.3 is 24.8 Å². The van der Waals surface area contributed by atoms with Crippen LogP contribution in [0.1, 0.15) is 13.3 Å². The standard InChI is InChI=1S/C16H25N3O3.HI/c1-3-17-16(19-10-8-13(20)12-19)18-9-11-22-15-6-4-14(21-2)5-7-15;/h4-7,13,20H,3,8-12H2,1-2H3,(H,17,18);1H/t13-;/m1./s1. The number of benzene rings is 1. The molecule has 0 aromatic heterocycles. The van der Waals surface area contributed by atoms with Crippen LogP contribution in [0, 0.1) is 0 Å². The highest BCUT2D eigenvalue weighted by Crippen LogP contribution is 2.16. The maximum atomic E-state index is 9.62. The average molecular weight is 435 g/mol. The number of hydrogen-bond acceptors (Lipinski definition) is 4. The molecule has 0 saturated carbocycles. The molecule has 0 spiro atoms. The van der Waals surface area contributed by atoms with Crippen molar-refractivity contribution in [1.82, 2.24) is 10.2 Å². The first-order chi connectivity index (χ1) is 10.7. The number of nitrogens with zero attached hydrogens (tertiary/aromatic N) is 2. The predicted octanol–water partition coefficient (Wildman–Crippen LogP) is 1.72. The fourth-order valence-electron chi connectivity index (χ4n) is 2.35. The van der Waals surface area contributed by atoms with Gasteiger partial charge in [-0.25, -0.2) is 4.99 Å². The number of hydrogen-bond donors (Lipinski definition) is 2. The monoisotopic (exact) mass is 435 g/mol. The van der Waals surface area contributed by atoms with Gasteiger partial charge in [-0.15, -0.1) is 24.0 Å². The number of halogens is 1. The third kappa shape index (κ3) is 6.42. The Labute approximate surface area is 154 Å². The van der Waals surface area contributed by atoms with Crippen LogP contribution in [0.4, 0.5) is 0 Å². The minimum atomic E-state index is -0.251. The summed E-state index contributed by atoms with van der Waals surface area (Å²) in [5, 5.41) is 12.9. The van der Waals surface area contributed by atoms with E-state index in [-0.39, 0.29) is 30.1 Å². The van der Waals surface area contributed by atoms with Gasteiger partial charge in [-0.1, -0.05) is 0 Å². The topological polar surface area (TPSA) is 66.3 Å². The highest BCUT2D eigenvalue weighted by Gasteiger charge is 2.22. The van der Waals surface area contributed by atoms with E-state index in [1.807, 2.05) is 31.2 Å². The third-order valence-electron chi connectivity index (χ3n) is 3.48. The van der Waals surface area contributed by atoms with Gasteiger partial charge in [0.05, 0.1) is 19.8 Å². The van der Waals surface area contributed by atoms with Crippen LogP contribution in [0.25, 0.3) is 0 Å². The van der Waals surface area contributed by atoms with Crippen molar-refractivity contribution in [2.24, 2.45) is 4.99 Å². The quantitative estimate of drug-likeness (QED) is 0.309. The number of aliphatic hydroxyl groups excluding tert-OH is 1. The molecule has 2 N–H and O–H groups in total. The van der Waals surface area contributed by atoms with Crippen molar-refractivity contribution < 1.29 is 14.6 Å². The van der Waals surface area contributed by atoms with Crippen molar-refractivity contribution in [2.45, 2.75) is 19.4 Å². The molecule has 7 heteroatoms. The fraction of sp³-hybridized carbons (Fsp3) is 0.562. The first kappa shape index (κ1) is 19.8. The number of aliphatic hydroxyl groups is 1. The van der Waals surface area contributed by atoms with Crippen molar-refractivity contribution in [1.29, 1.82) is 0 Å². The maximum Gasteiger partial charge on any atom is 0.194 e. The van der Waals surface area contributed by atoms with E-state index in [4.69, 9.17) is 9.47 Å². The lowest BCUT2D eigenvalue weighted by Gasteiger charge is -2.20. The summed E-state index contributed by atoms with van der Waals surface area (Å²) in [6.45, 7) is 5.41. The first-order valence-corrected chi connectivity index (χ1v) is 7.71. The Morgan fingerprint density at radius 1 is 1.35 bits per heavy atom. The van der Waals surface area contributed by atoms with Crippen molar-refractivity contribution in [3.8, 4) is 11.5 Å². The second kappa shape index (κ2) is 10.5. The summed E-state index contributed by atoms with van der Waals surface area (Å²) >= 11 is 0. The van der Waals surface area contributed by atoms with Crippen LogP contribution in [0.15, 0.2) is 29.3 Å². The highest BCUT2D eigenvalue weighted by atomic mass is 127. The Bertz CT molecular complexity index is 482. The molecule has 2 rings (SSSR count). The molecular formula is C16H26IN3O3. The maximum absolute atomic E-state index is 9.62. The van der Waals surface area contributed by atoms with Gasteiger partial charge in [-0.3, -0.25) is 0 Å². The summed E-state index contributed by atoms with van der Waals surface area (Å²) in [6.07, 6.45) is 0.548. The van der Waals surface area contributed by atoms with Gasteiger partial charge >= 0.3 is 0 Å². The van der Waals surface area contributed by atoms with Gasteiger partial charge in [0.25, 0.3) is 0 Å². The minimum Gasteiger partial charge on any atom is -0.497 e. The van der Waals surface area contributed by atoms with Crippen molar-refractivity contribution in [3.63, 3.8) is 0 Å². The summed E-state index contributed by atoms with van der Waals surface area (Å²) in [4.78, 5) is 6.63. The molecule has 6 nitrogen and oxygen atoms in total. The summed E-state index contributed by atoms with van der Waals surface area (Å²) in [5.41, 5.74) is 0. The predicted molar refractivity (Wildman–Crippen MR) is 102 cm³/mol. The van der Waals surface area contributed by atoms with Crippen molar-refractivity contribution in [3.05, 3.63) is 24.3 Å². The molecule has 1 aromatic carbocycles. The SMILES string of the molecule is CCNC(=NCCOc1ccc(OC)cc1)N1CC[C@@H](O)C1.I. The summed E-state index contributed by atoms with van der Waals surface area (Å²) < 4.78 is 10.8. The number of nitrogens with one attached hydrogen (secondary N) is 1. The smallest absolute Gasteiger partial charge is 0.194 e. The lowest BCUT2D eigenvalue weighted by molar-refractivity contribution is 0.187. The number of β-amino-alcohol motifs (C(OH)–C–C–N with tert-alkyl or cyclic N) is 1. The largest absolute Gasteiger partial charge is 0.497 e. The molecule has 0 radical (unpaired) electrons. The molecule has 1 fully saturated rings. The van der Waals surface area contributed by atoms with Gasteiger partial charge in [-0.2, -0.15) is 0 Å². The lowest BCUT2D eigenvalue weighted by Crippen LogP contribution is -2.40. The zero-order valence-corrected chi connectivity index (χ0v) is 16.0. The molecule has 23 heavy (non-hydrogen) atoms. The Morgan fingerprint density at radius 2 is 2.04 bits per heavy atom. The van der Waals surface area contributed by atoms with Gasteiger partial charge in [-0.05, 0) is 37.6 Å². The molecular weight excluding hydrogens is 409 g/mol. The molecule has 1 aliphatic heterocycles. The Balaban J connectivity index is 0.00000264. The second-order valence-electron chi connectivity index (χ2n) is 5.15. The zero-order chi connectivity index (χ0) is 15.8. The number of likely N-dealkylation sites (tertiary alicyclic amines) is 1. The lowest BCUT2D eigenvalue weighted by atomic mass is 10.3. The average Bonchev–Trinajstić information content (AvgIpc) is 2.97. The molecule has 0 unspecified atom stereocenters. The van der Waals surface area contributed by atoms with E-state index in [1.54, 1.807) is 7.11 Å². The van der Waals surface area contributed by atoms with Crippen molar-refractivity contribution in [2.75, 3.05) is 39.9 Å². The van der Waals surface area contributed by atoms with E-state index < -0.39 is 0 Å². The van der Waals surface area contributed by atoms with E-state index in [0.29, 0.717) is 19.7 Å². The Kier molecular flexibility index (Phi) is 9.08. The molecule has 1 aliphatic rings. The molecule has 1 saturated heterocycles. The minimum absolute atomic E-state index is 0. The van der Waals surface area contributed by atoms with Gasteiger partial charge in [0, 0.05) is 19.6 Å². The molecule has 1 heterocycles. The van der Waals surface area contributed by atoms with Crippen LogP contribution in [-0.2, 0) is 0 Å². The van der Waals surface area contributed by atoms with Gasteiger partial charge in [0.1, 0.15) is 18.1 Å². The van der Waals surface area contributed by atoms with Crippen LogP contribution >= 0.6 is 24.0 Å². The van der Waals surface area contributed by atoms with Gasteiger partial charge in [0.2, 0.25) is 0 Å². The van der Waals surface area contributed by atoms with E-state index in [2.05, 4.69) is 15.2 Å². The molecule has 0 bridgehead atoms. The van der Waals surface area contributed by atoms with Crippen LogP contribution in [0.2, 0.25) is 0 Å². The van der Waals surface area contributed by atoms with Crippen LogP contribution in [-0.4, -0.2) is 62.0 Å². The first-order valence-electron chi connectivity index (χ1n) is 7.71. The summed E-state index contributed by atoms with van der Waals surface area (Å²) in [5.74, 6) is 2.46. The van der Waals surface area contributed by atoms with Crippen LogP contribution < -0.4 is 14.8 Å². The van der Waals surface area contributed by atoms with Gasteiger partial charge in [0.15, 0.2) is 5.96 Å². The zero-order valence-electron chi connectivity index (χ0n) is 13.7. The molecule has 1 atom stereocenters. The van der Waals surface area contributed by atoms with E-state index in [0.717, 1.165) is 37.0 Å². The van der Waals surface area contributed by atoms with Crippen LogP contribution in [0.3, 0.4) is 0 Å². The third-order valence-corrected chi connectivity index (χ3v) is 3.48.